The number of hydrogen-bond donors (Lipinski definition) is 1. The van der Waals surface area contributed by atoms with Crippen molar-refractivity contribution in [3.05, 3.63) is 36.4 Å². The van der Waals surface area contributed by atoms with E-state index in [2.05, 4.69) is 42.3 Å². The monoisotopic (exact) mass is 296 g/mol. The maximum atomic E-state index is 4.79. The molecule has 4 heteroatoms. The Morgan fingerprint density at radius 2 is 1.86 bits per heavy atom. The third-order valence-corrected chi connectivity index (χ3v) is 4.18. The summed E-state index contributed by atoms with van der Waals surface area (Å²) in [5.41, 5.74) is 1.07. The van der Waals surface area contributed by atoms with Crippen LogP contribution in [0, 0.1) is 0 Å². The van der Waals surface area contributed by atoms with Crippen molar-refractivity contribution in [3.63, 3.8) is 0 Å². The zero-order valence-electron chi connectivity index (χ0n) is 13.4. The van der Waals surface area contributed by atoms with Gasteiger partial charge in [-0.25, -0.2) is 9.97 Å². The summed E-state index contributed by atoms with van der Waals surface area (Å²) in [5.74, 6) is 2.76. The van der Waals surface area contributed by atoms with E-state index in [1.54, 1.807) is 0 Å². The molecular weight excluding hydrogens is 272 g/mol. The molecule has 1 aliphatic heterocycles. The molecule has 1 fully saturated rings. The van der Waals surface area contributed by atoms with E-state index in [1.807, 2.05) is 18.2 Å². The largest absolute Gasteiger partial charge is 0.367 e. The Balaban J connectivity index is 1.97. The minimum atomic E-state index is 0.407. The van der Waals surface area contributed by atoms with Crippen LogP contribution in [0.2, 0.25) is 0 Å². The van der Waals surface area contributed by atoms with Crippen LogP contribution in [0.25, 0.3) is 11.4 Å². The van der Waals surface area contributed by atoms with Gasteiger partial charge in [0.25, 0.3) is 0 Å². The van der Waals surface area contributed by atoms with Gasteiger partial charge < -0.3 is 10.2 Å². The first-order chi connectivity index (χ1) is 10.8. The maximum Gasteiger partial charge on any atom is 0.163 e. The number of nitrogens with one attached hydrogen (secondary N) is 1. The highest BCUT2D eigenvalue weighted by Crippen LogP contribution is 2.25. The molecule has 116 valence electrons. The second kappa shape index (κ2) is 6.77. The Hall–Kier alpha value is -2.10. The SMILES string of the molecule is CCC(C)Nc1cc(N2CCCC2)nc(-c2ccccc2)n1. The van der Waals surface area contributed by atoms with Crippen LogP contribution in [-0.2, 0) is 0 Å². The van der Waals surface area contributed by atoms with E-state index in [0.29, 0.717) is 6.04 Å². The number of aromatic nitrogens is 2. The smallest absolute Gasteiger partial charge is 0.163 e. The molecule has 2 heterocycles. The molecule has 0 saturated carbocycles. The minimum absolute atomic E-state index is 0.407. The Morgan fingerprint density at radius 1 is 1.14 bits per heavy atom. The fourth-order valence-corrected chi connectivity index (χ4v) is 2.69. The van der Waals surface area contributed by atoms with E-state index in [-0.39, 0.29) is 0 Å². The summed E-state index contributed by atoms with van der Waals surface area (Å²) in [6.07, 6.45) is 3.57. The minimum Gasteiger partial charge on any atom is -0.367 e. The van der Waals surface area contributed by atoms with Gasteiger partial charge in [-0.15, -0.1) is 0 Å². The number of rotatable bonds is 5. The van der Waals surface area contributed by atoms with Crippen LogP contribution >= 0.6 is 0 Å². The van der Waals surface area contributed by atoms with Gasteiger partial charge in [-0.05, 0) is 26.2 Å². The molecule has 1 saturated heterocycles. The molecule has 1 atom stereocenters. The molecule has 1 N–H and O–H groups in total. The predicted molar refractivity (Wildman–Crippen MR) is 92.3 cm³/mol. The second-order valence-corrected chi connectivity index (χ2v) is 5.95. The number of benzene rings is 1. The third-order valence-electron chi connectivity index (χ3n) is 4.18. The molecule has 0 bridgehead atoms. The Bertz CT molecular complexity index is 606. The van der Waals surface area contributed by atoms with E-state index in [4.69, 9.17) is 9.97 Å². The van der Waals surface area contributed by atoms with E-state index in [1.165, 1.54) is 12.8 Å². The van der Waals surface area contributed by atoms with Crippen LogP contribution in [0.15, 0.2) is 36.4 Å². The van der Waals surface area contributed by atoms with E-state index in [9.17, 15) is 0 Å². The molecule has 0 aliphatic carbocycles. The summed E-state index contributed by atoms with van der Waals surface area (Å²) in [4.78, 5) is 11.9. The molecule has 4 nitrogen and oxygen atoms in total. The fraction of sp³-hybridized carbons (Fsp3) is 0.444. The molecule has 0 radical (unpaired) electrons. The molecule has 1 unspecified atom stereocenters. The van der Waals surface area contributed by atoms with Crippen LogP contribution in [0.1, 0.15) is 33.1 Å². The van der Waals surface area contributed by atoms with Gasteiger partial charge in [0.15, 0.2) is 5.82 Å². The third kappa shape index (κ3) is 3.38. The average molecular weight is 296 g/mol. The van der Waals surface area contributed by atoms with Gasteiger partial charge in [0.1, 0.15) is 11.6 Å². The van der Waals surface area contributed by atoms with Crippen LogP contribution in [0.5, 0.6) is 0 Å². The zero-order valence-corrected chi connectivity index (χ0v) is 13.4. The molecule has 2 aromatic rings. The van der Waals surface area contributed by atoms with Crippen molar-refractivity contribution in [1.29, 1.82) is 0 Å². The van der Waals surface area contributed by atoms with Crippen molar-refractivity contribution in [1.82, 2.24) is 9.97 Å². The summed E-state index contributed by atoms with van der Waals surface area (Å²) in [7, 11) is 0. The lowest BCUT2D eigenvalue weighted by Gasteiger charge is -2.20. The van der Waals surface area contributed by atoms with Crippen molar-refractivity contribution in [2.24, 2.45) is 0 Å². The summed E-state index contributed by atoms with van der Waals surface area (Å²) in [5, 5.41) is 3.49. The second-order valence-electron chi connectivity index (χ2n) is 5.95. The Morgan fingerprint density at radius 3 is 2.55 bits per heavy atom. The van der Waals surface area contributed by atoms with Gasteiger partial charge >= 0.3 is 0 Å². The lowest BCUT2D eigenvalue weighted by atomic mass is 10.2. The Labute approximate surface area is 132 Å². The highest BCUT2D eigenvalue weighted by atomic mass is 15.2. The van der Waals surface area contributed by atoms with Gasteiger partial charge in [0, 0.05) is 30.8 Å². The van der Waals surface area contributed by atoms with Crippen LogP contribution in [-0.4, -0.2) is 29.1 Å². The predicted octanol–water partition coefficient (Wildman–Crippen LogP) is 3.95. The van der Waals surface area contributed by atoms with Crippen molar-refractivity contribution in [2.75, 3.05) is 23.3 Å². The van der Waals surface area contributed by atoms with E-state index >= 15 is 0 Å². The van der Waals surface area contributed by atoms with Crippen LogP contribution in [0.3, 0.4) is 0 Å². The van der Waals surface area contributed by atoms with Crippen LogP contribution < -0.4 is 10.2 Å². The quantitative estimate of drug-likeness (QED) is 0.907. The molecule has 3 rings (SSSR count). The summed E-state index contributed by atoms with van der Waals surface area (Å²) >= 11 is 0. The Kier molecular flexibility index (Phi) is 4.56. The standard InChI is InChI=1S/C18H24N4/c1-3-14(2)19-16-13-17(22-11-7-8-12-22)21-18(20-16)15-9-5-4-6-10-15/h4-6,9-10,13-14H,3,7-8,11-12H2,1-2H3,(H,19,20,21). The molecule has 1 aromatic heterocycles. The van der Waals surface area contributed by atoms with Gasteiger partial charge in [-0.2, -0.15) is 0 Å². The summed E-state index contributed by atoms with van der Waals surface area (Å²) < 4.78 is 0. The maximum absolute atomic E-state index is 4.79. The number of nitrogens with zero attached hydrogens (tertiary/aromatic N) is 3. The van der Waals surface area contributed by atoms with Crippen LogP contribution in [0.4, 0.5) is 11.6 Å². The number of hydrogen-bond acceptors (Lipinski definition) is 4. The van der Waals surface area contributed by atoms with Gasteiger partial charge in [0.2, 0.25) is 0 Å². The van der Waals surface area contributed by atoms with Gasteiger partial charge in [0.05, 0.1) is 0 Å². The van der Waals surface area contributed by atoms with E-state index < -0.39 is 0 Å². The topological polar surface area (TPSA) is 41.0 Å². The van der Waals surface area contributed by atoms with Gasteiger partial charge in [-0.3, -0.25) is 0 Å². The van der Waals surface area contributed by atoms with Crippen molar-refractivity contribution >= 4 is 11.6 Å². The van der Waals surface area contributed by atoms with Crippen molar-refractivity contribution < 1.29 is 0 Å². The van der Waals surface area contributed by atoms with Crippen molar-refractivity contribution in [2.45, 2.75) is 39.2 Å². The highest BCUT2D eigenvalue weighted by Gasteiger charge is 2.16. The van der Waals surface area contributed by atoms with Gasteiger partial charge in [-0.1, -0.05) is 37.3 Å². The van der Waals surface area contributed by atoms with E-state index in [0.717, 1.165) is 42.5 Å². The fourth-order valence-electron chi connectivity index (χ4n) is 2.69. The first-order valence-corrected chi connectivity index (χ1v) is 8.22. The zero-order chi connectivity index (χ0) is 15.4. The first kappa shape index (κ1) is 14.8. The highest BCUT2D eigenvalue weighted by molar-refractivity contribution is 5.62. The summed E-state index contributed by atoms with van der Waals surface area (Å²) in [6, 6.07) is 12.7. The molecule has 22 heavy (non-hydrogen) atoms. The normalized spacial score (nSPS) is 15.8. The summed E-state index contributed by atoms with van der Waals surface area (Å²) in [6.45, 7) is 6.54. The lowest BCUT2D eigenvalue weighted by molar-refractivity contribution is 0.758. The average Bonchev–Trinajstić information content (AvgIpc) is 3.10. The molecular formula is C18H24N4. The lowest BCUT2D eigenvalue weighted by Crippen LogP contribution is -2.21. The molecule has 0 spiro atoms. The number of anilines is 2. The van der Waals surface area contributed by atoms with Crippen molar-refractivity contribution in [3.8, 4) is 11.4 Å². The molecule has 1 aromatic carbocycles. The molecule has 1 aliphatic rings. The molecule has 0 amide bonds. The first-order valence-electron chi connectivity index (χ1n) is 8.22.